The van der Waals surface area contributed by atoms with Crippen molar-refractivity contribution in [2.24, 2.45) is 11.5 Å². The molecule has 0 fully saturated rings. The summed E-state index contributed by atoms with van der Waals surface area (Å²) in [6, 6.07) is 6.15. The summed E-state index contributed by atoms with van der Waals surface area (Å²) in [7, 11) is 1.64. The molecule has 2 amide bonds. The van der Waals surface area contributed by atoms with Crippen molar-refractivity contribution in [2.75, 3.05) is 25.5 Å². The second-order valence-electron chi connectivity index (χ2n) is 11.6. The number of pyridine rings is 1. The number of nitrogens with one attached hydrogen (secondary N) is 3. The summed E-state index contributed by atoms with van der Waals surface area (Å²) < 4.78 is 5.49. The van der Waals surface area contributed by atoms with E-state index in [4.69, 9.17) is 21.2 Å². The Morgan fingerprint density at radius 2 is 1.80 bits per heavy atom. The molecule has 2 aromatic rings. The molecule has 1 aromatic heterocycles. The zero-order valence-electron chi connectivity index (χ0n) is 25.1. The molecule has 1 heterocycles. The van der Waals surface area contributed by atoms with Gasteiger partial charge in [0, 0.05) is 41.6 Å². The molecule has 0 bridgehead atoms. The molecule has 11 nitrogen and oxygen atoms in total. The van der Waals surface area contributed by atoms with E-state index in [1.807, 2.05) is 18.2 Å². The molecule has 41 heavy (non-hydrogen) atoms. The molecule has 2 rings (SSSR count). The molecule has 3 atom stereocenters. The first kappa shape index (κ1) is 33.8. The Balaban J connectivity index is 1.84. The Labute approximate surface area is 243 Å². The van der Waals surface area contributed by atoms with Gasteiger partial charge in [-0.25, -0.2) is 4.79 Å². The summed E-state index contributed by atoms with van der Waals surface area (Å²) >= 11 is 0. The number of nitrogens with zero attached hydrogens (tertiary/aromatic N) is 1. The number of carboxylic acid groups (broad SMARTS) is 1. The van der Waals surface area contributed by atoms with E-state index in [-0.39, 0.29) is 30.2 Å². The molecule has 8 N–H and O–H groups in total. The van der Waals surface area contributed by atoms with Crippen molar-refractivity contribution in [3.8, 4) is 5.75 Å². The smallest absolute Gasteiger partial charge is 0.326 e. The van der Waals surface area contributed by atoms with Crippen LogP contribution in [0.1, 0.15) is 78.3 Å². The summed E-state index contributed by atoms with van der Waals surface area (Å²) in [4.78, 5) is 41.1. The van der Waals surface area contributed by atoms with Gasteiger partial charge in [-0.05, 0) is 57.7 Å². The second-order valence-corrected chi connectivity index (χ2v) is 11.6. The van der Waals surface area contributed by atoms with Crippen molar-refractivity contribution in [3.63, 3.8) is 0 Å². The first-order valence-corrected chi connectivity index (χ1v) is 14.4. The average Bonchev–Trinajstić information content (AvgIpc) is 2.92. The van der Waals surface area contributed by atoms with Crippen LogP contribution in [0.25, 0.3) is 10.9 Å². The third-order valence-electron chi connectivity index (χ3n) is 6.89. The lowest BCUT2D eigenvalue weighted by molar-refractivity contribution is -0.142. The van der Waals surface area contributed by atoms with Crippen molar-refractivity contribution < 1.29 is 24.2 Å². The molecule has 2 unspecified atom stereocenters. The van der Waals surface area contributed by atoms with Gasteiger partial charge in [0.15, 0.2) is 0 Å². The number of aromatic nitrogens is 1. The van der Waals surface area contributed by atoms with E-state index in [2.05, 4.69) is 49.7 Å². The van der Waals surface area contributed by atoms with Gasteiger partial charge in [0.25, 0.3) is 0 Å². The molecule has 0 aliphatic carbocycles. The number of benzene rings is 1. The first-order valence-electron chi connectivity index (χ1n) is 14.4. The number of rotatable bonds is 17. The highest BCUT2D eigenvalue weighted by Crippen LogP contribution is 2.31. The van der Waals surface area contributed by atoms with E-state index in [1.54, 1.807) is 7.11 Å². The number of hydrogen-bond acceptors (Lipinski definition) is 8. The van der Waals surface area contributed by atoms with Crippen LogP contribution in [0, 0.1) is 0 Å². The monoisotopic (exact) mass is 572 g/mol. The van der Waals surface area contributed by atoms with Crippen molar-refractivity contribution in [3.05, 3.63) is 30.0 Å². The van der Waals surface area contributed by atoms with Gasteiger partial charge in [-0.1, -0.05) is 33.3 Å². The van der Waals surface area contributed by atoms with Gasteiger partial charge in [0.2, 0.25) is 11.8 Å². The van der Waals surface area contributed by atoms with Crippen molar-refractivity contribution in [2.45, 2.75) is 96.2 Å². The van der Waals surface area contributed by atoms with Crippen LogP contribution in [0.4, 0.5) is 5.69 Å². The number of carbonyl (C=O) groups excluding carboxylic acids is 2. The van der Waals surface area contributed by atoms with Gasteiger partial charge in [-0.15, -0.1) is 0 Å². The number of anilines is 1. The molecule has 228 valence electrons. The number of carboxylic acids is 1. The number of hydrogen-bond donors (Lipinski definition) is 6. The number of nitrogens with two attached hydrogens (primary N) is 2. The van der Waals surface area contributed by atoms with Crippen LogP contribution in [0.3, 0.4) is 0 Å². The lowest BCUT2D eigenvalue weighted by atomic mass is 9.91. The largest absolute Gasteiger partial charge is 0.497 e. The van der Waals surface area contributed by atoms with Crippen LogP contribution >= 0.6 is 0 Å². The quantitative estimate of drug-likeness (QED) is 0.155. The normalized spacial score (nSPS) is 13.7. The summed E-state index contributed by atoms with van der Waals surface area (Å²) in [6.07, 6.45) is 3.31. The van der Waals surface area contributed by atoms with Crippen molar-refractivity contribution in [1.29, 1.82) is 0 Å². The Morgan fingerprint density at radius 1 is 1.07 bits per heavy atom. The molecule has 0 saturated carbocycles. The number of amides is 2. The molecular formula is C30H48N6O5. The first-order chi connectivity index (χ1) is 19.3. The van der Waals surface area contributed by atoms with Gasteiger partial charge >= 0.3 is 5.97 Å². The minimum absolute atomic E-state index is 0.0210. The van der Waals surface area contributed by atoms with E-state index in [1.165, 1.54) is 0 Å². The summed E-state index contributed by atoms with van der Waals surface area (Å²) in [5, 5.41) is 19.3. The van der Waals surface area contributed by atoms with Crippen molar-refractivity contribution >= 4 is 34.4 Å². The maximum Gasteiger partial charge on any atom is 0.326 e. The molecule has 0 spiro atoms. The number of unbranched alkanes of at least 4 members (excludes halogenated alkanes) is 1. The van der Waals surface area contributed by atoms with Gasteiger partial charge < -0.3 is 37.3 Å². The standard InChI is InChI=1S/C30H48N6O5/c1-19(34-24-18-21(41-5)17-20-11-13-25(30(2,3)4)36-27(20)24)9-8-16-33-26(37)14-12-23(29(39)40)35-28(38)22(32)10-6-7-15-31/h11,13,17-19,22-23,34H,6-10,12,14-16,31-32H2,1-5H3,(H,33,37)(H,35,38)(H,39,40)/t19?,22-,23?/m1/s1. The summed E-state index contributed by atoms with van der Waals surface area (Å²) in [6.45, 7) is 9.43. The molecule has 1 aromatic carbocycles. The number of methoxy groups -OCH3 is 1. The van der Waals surface area contributed by atoms with Crippen LogP contribution in [0.2, 0.25) is 0 Å². The van der Waals surface area contributed by atoms with E-state index in [0.717, 1.165) is 47.3 Å². The number of aliphatic carboxylic acids is 1. The third-order valence-corrected chi connectivity index (χ3v) is 6.89. The third kappa shape index (κ3) is 11.2. The minimum atomic E-state index is -1.20. The van der Waals surface area contributed by atoms with Crippen LogP contribution < -0.4 is 32.2 Å². The Hall–Kier alpha value is -3.44. The Morgan fingerprint density at radius 3 is 2.44 bits per heavy atom. The fraction of sp³-hybridized carbons (Fsp3) is 0.600. The molecule has 0 aliphatic heterocycles. The fourth-order valence-corrected chi connectivity index (χ4v) is 4.37. The fourth-order valence-electron chi connectivity index (χ4n) is 4.37. The minimum Gasteiger partial charge on any atom is -0.497 e. The number of ether oxygens (including phenoxy) is 1. The van der Waals surface area contributed by atoms with Crippen LogP contribution in [0.5, 0.6) is 5.75 Å². The molecule has 0 saturated heterocycles. The maximum absolute atomic E-state index is 12.3. The molecular weight excluding hydrogens is 524 g/mol. The topological polar surface area (TPSA) is 182 Å². The van der Waals surface area contributed by atoms with Crippen molar-refractivity contribution in [1.82, 2.24) is 15.6 Å². The van der Waals surface area contributed by atoms with Gasteiger partial charge in [-0.3, -0.25) is 14.6 Å². The highest BCUT2D eigenvalue weighted by Gasteiger charge is 2.24. The van der Waals surface area contributed by atoms with E-state index >= 15 is 0 Å². The predicted octanol–water partition coefficient (Wildman–Crippen LogP) is 3.04. The Bertz CT molecular complexity index is 1170. The molecule has 11 heteroatoms. The summed E-state index contributed by atoms with van der Waals surface area (Å²) in [5.41, 5.74) is 14.0. The summed E-state index contributed by atoms with van der Waals surface area (Å²) in [5.74, 6) is -1.26. The zero-order valence-corrected chi connectivity index (χ0v) is 25.1. The van der Waals surface area contributed by atoms with Crippen LogP contribution in [-0.4, -0.2) is 66.2 Å². The average molecular weight is 573 g/mol. The van der Waals surface area contributed by atoms with E-state index in [0.29, 0.717) is 25.9 Å². The molecule has 0 radical (unpaired) electrons. The van der Waals surface area contributed by atoms with E-state index in [9.17, 15) is 19.5 Å². The number of carbonyl (C=O) groups is 3. The number of fused-ring (bicyclic) bond motifs is 1. The van der Waals surface area contributed by atoms with E-state index < -0.39 is 24.0 Å². The molecule has 0 aliphatic rings. The highest BCUT2D eigenvalue weighted by molar-refractivity contribution is 5.92. The van der Waals surface area contributed by atoms with Gasteiger partial charge in [-0.2, -0.15) is 0 Å². The SMILES string of the molecule is COc1cc(NC(C)CCCNC(=O)CCC(NC(=O)[C@H](N)CCCCN)C(=O)O)c2nc(C(C)(C)C)ccc2c1. The lowest BCUT2D eigenvalue weighted by Crippen LogP contribution is -2.48. The maximum atomic E-state index is 12.3. The zero-order chi connectivity index (χ0) is 30.6. The lowest BCUT2D eigenvalue weighted by Gasteiger charge is -2.21. The predicted molar refractivity (Wildman–Crippen MR) is 162 cm³/mol. The van der Waals surface area contributed by atoms with Gasteiger partial charge in [0.05, 0.1) is 24.4 Å². The second kappa shape index (κ2) is 16.1. The Kier molecular flexibility index (Phi) is 13.3. The highest BCUT2D eigenvalue weighted by atomic mass is 16.5. The van der Waals surface area contributed by atoms with Crippen LogP contribution in [-0.2, 0) is 19.8 Å². The van der Waals surface area contributed by atoms with Crippen LogP contribution in [0.15, 0.2) is 24.3 Å². The van der Waals surface area contributed by atoms with Gasteiger partial charge in [0.1, 0.15) is 11.8 Å².